The van der Waals surface area contributed by atoms with Crippen molar-refractivity contribution in [3.8, 4) is 0 Å². The van der Waals surface area contributed by atoms with E-state index in [0.717, 1.165) is 38.1 Å². The van der Waals surface area contributed by atoms with Crippen LogP contribution in [0.4, 0.5) is 0 Å². The number of nitrogens with two attached hydrogens (primary N) is 1. The van der Waals surface area contributed by atoms with Crippen LogP contribution in [-0.2, 0) is 4.79 Å². The zero-order chi connectivity index (χ0) is 15.1. The third kappa shape index (κ3) is 4.70. The average Bonchev–Trinajstić information content (AvgIpc) is 2.78. The third-order valence-electron chi connectivity index (χ3n) is 5.59. The van der Waals surface area contributed by atoms with Crippen molar-refractivity contribution in [2.75, 3.05) is 13.1 Å². The summed E-state index contributed by atoms with van der Waals surface area (Å²) in [6.45, 7) is 3.84. The molecular formula is C18H34N2O. The van der Waals surface area contributed by atoms with Gasteiger partial charge in [-0.1, -0.05) is 39.0 Å². The van der Waals surface area contributed by atoms with E-state index in [2.05, 4.69) is 11.8 Å². The van der Waals surface area contributed by atoms with Crippen LogP contribution in [0.15, 0.2) is 0 Å². The van der Waals surface area contributed by atoms with E-state index in [9.17, 15) is 4.79 Å². The van der Waals surface area contributed by atoms with Crippen molar-refractivity contribution in [1.82, 2.24) is 4.90 Å². The van der Waals surface area contributed by atoms with Gasteiger partial charge in [0.25, 0.3) is 0 Å². The minimum atomic E-state index is 0.287. The highest BCUT2D eigenvalue weighted by Crippen LogP contribution is 2.33. The van der Waals surface area contributed by atoms with E-state index in [1.54, 1.807) is 0 Å². The third-order valence-corrected chi connectivity index (χ3v) is 5.59. The van der Waals surface area contributed by atoms with E-state index in [1.165, 1.54) is 44.9 Å². The van der Waals surface area contributed by atoms with Gasteiger partial charge in [0.1, 0.15) is 0 Å². The van der Waals surface area contributed by atoms with E-state index >= 15 is 0 Å². The molecule has 1 aliphatic heterocycles. The van der Waals surface area contributed by atoms with E-state index in [0.29, 0.717) is 18.5 Å². The van der Waals surface area contributed by atoms with Crippen LogP contribution >= 0.6 is 0 Å². The number of nitrogens with zero attached hydrogens (tertiary/aromatic N) is 1. The molecule has 3 nitrogen and oxygen atoms in total. The lowest BCUT2D eigenvalue weighted by Gasteiger charge is -2.35. The molecule has 2 aliphatic rings. The normalized spacial score (nSPS) is 31.0. The molecule has 1 saturated heterocycles. The lowest BCUT2D eigenvalue weighted by molar-refractivity contribution is -0.139. The van der Waals surface area contributed by atoms with Crippen molar-refractivity contribution >= 4 is 5.91 Å². The molecule has 0 aromatic rings. The van der Waals surface area contributed by atoms with Crippen LogP contribution in [0.5, 0.6) is 0 Å². The summed E-state index contributed by atoms with van der Waals surface area (Å²) in [5, 5.41) is 0. The predicted octanol–water partition coefficient (Wildman–Crippen LogP) is 3.71. The van der Waals surface area contributed by atoms with Crippen LogP contribution in [0.3, 0.4) is 0 Å². The van der Waals surface area contributed by atoms with Gasteiger partial charge < -0.3 is 10.6 Å². The Labute approximate surface area is 130 Å². The summed E-state index contributed by atoms with van der Waals surface area (Å²) in [4.78, 5) is 15.0. The number of likely N-dealkylation sites (tertiary alicyclic amines) is 1. The summed E-state index contributed by atoms with van der Waals surface area (Å²) >= 11 is 0. The summed E-state index contributed by atoms with van der Waals surface area (Å²) in [7, 11) is 0. The lowest BCUT2D eigenvalue weighted by atomic mass is 9.79. The maximum Gasteiger partial charge on any atom is 0.225 e. The Bertz CT molecular complexity index is 310. The first-order chi connectivity index (χ1) is 10.3. The Balaban J connectivity index is 1.85. The van der Waals surface area contributed by atoms with Crippen LogP contribution in [0.2, 0.25) is 0 Å². The maximum atomic E-state index is 12.9. The van der Waals surface area contributed by atoms with Gasteiger partial charge in [0, 0.05) is 25.0 Å². The molecule has 1 atom stereocenters. The second-order valence-electron chi connectivity index (χ2n) is 7.13. The van der Waals surface area contributed by atoms with Gasteiger partial charge in [-0.25, -0.2) is 0 Å². The Morgan fingerprint density at radius 2 is 1.86 bits per heavy atom. The molecule has 0 aromatic carbocycles. The van der Waals surface area contributed by atoms with Crippen molar-refractivity contribution in [2.45, 2.75) is 83.6 Å². The van der Waals surface area contributed by atoms with Gasteiger partial charge >= 0.3 is 0 Å². The Kier molecular flexibility index (Phi) is 7.01. The SMILES string of the molecule is CCCCC1CCC(C(=O)N2CCCCCC2CN)CC1. The first-order valence-corrected chi connectivity index (χ1v) is 9.26. The van der Waals surface area contributed by atoms with Gasteiger partial charge in [-0.3, -0.25) is 4.79 Å². The number of hydrogen-bond acceptors (Lipinski definition) is 2. The summed E-state index contributed by atoms with van der Waals surface area (Å²) in [6, 6.07) is 0.304. The van der Waals surface area contributed by atoms with Crippen LogP contribution in [-0.4, -0.2) is 29.9 Å². The molecule has 0 radical (unpaired) electrons. The topological polar surface area (TPSA) is 46.3 Å². The van der Waals surface area contributed by atoms with Crippen LogP contribution in [0.1, 0.15) is 77.6 Å². The average molecular weight is 294 g/mol. The summed E-state index contributed by atoms with van der Waals surface area (Å²) in [5.74, 6) is 1.58. The Morgan fingerprint density at radius 3 is 2.52 bits per heavy atom. The zero-order valence-corrected chi connectivity index (χ0v) is 13.9. The fourth-order valence-electron chi connectivity index (χ4n) is 4.14. The number of carbonyl (C=O) groups excluding carboxylic acids is 1. The molecule has 1 unspecified atom stereocenters. The molecule has 2 N–H and O–H groups in total. The first-order valence-electron chi connectivity index (χ1n) is 9.26. The fourth-order valence-corrected chi connectivity index (χ4v) is 4.14. The molecular weight excluding hydrogens is 260 g/mol. The van der Waals surface area contributed by atoms with E-state index in [1.807, 2.05) is 0 Å². The second kappa shape index (κ2) is 8.77. The Hall–Kier alpha value is -0.570. The number of carbonyl (C=O) groups is 1. The highest BCUT2D eigenvalue weighted by molar-refractivity contribution is 5.79. The van der Waals surface area contributed by atoms with E-state index in [-0.39, 0.29) is 5.92 Å². The number of rotatable bonds is 5. The zero-order valence-electron chi connectivity index (χ0n) is 13.9. The molecule has 1 aliphatic carbocycles. The molecule has 1 amide bonds. The minimum absolute atomic E-state index is 0.287. The smallest absolute Gasteiger partial charge is 0.225 e. The monoisotopic (exact) mass is 294 g/mol. The molecule has 21 heavy (non-hydrogen) atoms. The Morgan fingerprint density at radius 1 is 1.10 bits per heavy atom. The number of amides is 1. The molecule has 0 aromatic heterocycles. The number of hydrogen-bond donors (Lipinski definition) is 1. The molecule has 1 saturated carbocycles. The highest BCUT2D eigenvalue weighted by atomic mass is 16.2. The molecule has 0 spiro atoms. The van der Waals surface area contributed by atoms with Crippen LogP contribution in [0, 0.1) is 11.8 Å². The minimum Gasteiger partial charge on any atom is -0.338 e. The predicted molar refractivity (Wildman–Crippen MR) is 88.0 cm³/mol. The van der Waals surface area contributed by atoms with Gasteiger partial charge in [0.05, 0.1) is 0 Å². The number of unbranched alkanes of at least 4 members (excludes halogenated alkanes) is 1. The molecule has 0 bridgehead atoms. The highest BCUT2D eigenvalue weighted by Gasteiger charge is 2.32. The molecule has 1 heterocycles. The van der Waals surface area contributed by atoms with Crippen LogP contribution < -0.4 is 5.73 Å². The van der Waals surface area contributed by atoms with Crippen molar-refractivity contribution in [3.63, 3.8) is 0 Å². The van der Waals surface area contributed by atoms with Gasteiger partial charge in [0.15, 0.2) is 0 Å². The van der Waals surface area contributed by atoms with E-state index < -0.39 is 0 Å². The molecule has 2 fully saturated rings. The van der Waals surface area contributed by atoms with Crippen molar-refractivity contribution < 1.29 is 4.79 Å². The molecule has 3 heteroatoms. The summed E-state index contributed by atoms with van der Waals surface area (Å²) in [6.07, 6.45) is 13.5. The van der Waals surface area contributed by atoms with Gasteiger partial charge in [-0.05, 0) is 44.4 Å². The van der Waals surface area contributed by atoms with Crippen molar-refractivity contribution in [2.24, 2.45) is 17.6 Å². The van der Waals surface area contributed by atoms with Crippen molar-refractivity contribution in [3.05, 3.63) is 0 Å². The van der Waals surface area contributed by atoms with Crippen molar-refractivity contribution in [1.29, 1.82) is 0 Å². The summed E-state index contributed by atoms with van der Waals surface area (Å²) < 4.78 is 0. The molecule has 122 valence electrons. The largest absolute Gasteiger partial charge is 0.338 e. The van der Waals surface area contributed by atoms with Gasteiger partial charge in [-0.2, -0.15) is 0 Å². The lowest BCUT2D eigenvalue weighted by Crippen LogP contribution is -2.47. The fraction of sp³-hybridized carbons (Fsp3) is 0.944. The van der Waals surface area contributed by atoms with Crippen LogP contribution in [0.25, 0.3) is 0 Å². The van der Waals surface area contributed by atoms with Gasteiger partial charge in [-0.15, -0.1) is 0 Å². The molecule has 2 rings (SSSR count). The van der Waals surface area contributed by atoms with Gasteiger partial charge in [0.2, 0.25) is 5.91 Å². The first kappa shape index (κ1) is 16.8. The maximum absolute atomic E-state index is 12.9. The quantitative estimate of drug-likeness (QED) is 0.840. The standard InChI is InChI=1S/C18H34N2O/c1-2-3-7-15-9-11-16(12-10-15)18(21)20-13-6-4-5-8-17(20)14-19/h15-17H,2-14,19H2,1H3. The van der Waals surface area contributed by atoms with E-state index in [4.69, 9.17) is 5.73 Å². The second-order valence-corrected chi connectivity index (χ2v) is 7.13. The summed E-state index contributed by atoms with van der Waals surface area (Å²) in [5.41, 5.74) is 5.91.